The van der Waals surface area contributed by atoms with Crippen molar-refractivity contribution in [2.75, 3.05) is 13.6 Å². The normalized spacial score (nSPS) is 17.7. The van der Waals surface area contributed by atoms with E-state index in [1.807, 2.05) is 13.8 Å². The van der Waals surface area contributed by atoms with Crippen LogP contribution in [-0.4, -0.2) is 18.5 Å². The van der Waals surface area contributed by atoms with Crippen LogP contribution in [0.2, 0.25) is 0 Å². The second kappa shape index (κ2) is 5.22. The zero-order valence-corrected chi connectivity index (χ0v) is 8.57. The molecule has 0 amide bonds. The van der Waals surface area contributed by atoms with Crippen LogP contribution in [0.4, 0.5) is 0 Å². The van der Waals surface area contributed by atoms with Crippen molar-refractivity contribution in [3.05, 3.63) is 11.3 Å². The molecule has 0 aromatic rings. The topological polar surface area (TPSA) is 3.24 Å². The minimum atomic E-state index is 1.24. The molecule has 0 unspecified atom stereocenters. The number of allylic oxidation sites excluding steroid dienone is 2. The third-order valence-corrected chi connectivity index (χ3v) is 2.24. The van der Waals surface area contributed by atoms with E-state index < -0.39 is 0 Å². The predicted molar refractivity (Wildman–Crippen MR) is 51.6 cm³/mol. The second-order valence-corrected chi connectivity index (χ2v) is 2.89. The molecular formula is C10H21N. The zero-order valence-electron chi connectivity index (χ0n) is 8.57. The van der Waals surface area contributed by atoms with Crippen LogP contribution in [0.5, 0.6) is 0 Å². The third kappa shape index (κ3) is 2.96. The zero-order chi connectivity index (χ0) is 8.85. The first-order valence-corrected chi connectivity index (χ1v) is 4.59. The Bertz CT molecular complexity index is 136. The molecule has 0 radical (unpaired) electrons. The van der Waals surface area contributed by atoms with Gasteiger partial charge in [-0.05, 0) is 26.7 Å². The van der Waals surface area contributed by atoms with Gasteiger partial charge in [0.15, 0.2) is 0 Å². The fourth-order valence-electron chi connectivity index (χ4n) is 1.26. The Balaban J connectivity index is 0.000000461. The van der Waals surface area contributed by atoms with Crippen molar-refractivity contribution in [3.63, 3.8) is 0 Å². The van der Waals surface area contributed by atoms with Gasteiger partial charge in [0, 0.05) is 19.3 Å². The van der Waals surface area contributed by atoms with Gasteiger partial charge in [0.1, 0.15) is 0 Å². The van der Waals surface area contributed by atoms with Gasteiger partial charge in [-0.25, -0.2) is 0 Å². The Morgan fingerprint density at radius 2 is 1.73 bits per heavy atom. The summed E-state index contributed by atoms with van der Waals surface area (Å²) in [6.45, 7) is 9.67. The van der Waals surface area contributed by atoms with Crippen LogP contribution in [0, 0.1) is 0 Å². The maximum atomic E-state index is 2.33. The molecule has 0 fully saturated rings. The first-order chi connectivity index (χ1) is 5.22. The minimum Gasteiger partial charge on any atom is -0.378 e. The Morgan fingerprint density at radius 3 is 2.09 bits per heavy atom. The average molecular weight is 155 g/mol. The molecule has 0 aromatic carbocycles. The van der Waals surface area contributed by atoms with Gasteiger partial charge in [-0.2, -0.15) is 0 Å². The van der Waals surface area contributed by atoms with Crippen molar-refractivity contribution in [3.8, 4) is 0 Å². The van der Waals surface area contributed by atoms with Crippen LogP contribution in [0.3, 0.4) is 0 Å². The fourth-order valence-corrected chi connectivity index (χ4v) is 1.26. The standard InChI is InChI=1S/C8H15N.C2H6/c1-7-5-4-6-9(3)8(7)2;1-2/h4-6H2,1-3H3;1-2H3. The van der Waals surface area contributed by atoms with E-state index in [0.29, 0.717) is 0 Å². The van der Waals surface area contributed by atoms with Crippen molar-refractivity contribution in [1.82, 2.24) is 4.90 Å². The lowest BCUT2D eigenvalue weighted by atomic mass is 10.1. The van der Waals surface area contributed by atoms with E-state index in [9.17, 15) is 0 Å². The van der Waals surface area contributed by atoms with Crippen LogP contribution in [0.1, 0.15) is 40.5 Å². The highest BCUT2D eigenvalue weighted by molar-refractivity contribution is 5.10. The maximum absolute atomic E-state index is 2.33. The van der Waals surface area contributed by atoms with Gasteiger partial charge >= 0.3 is 0 Å². The summed E-state index contributed by atoms with van der Waals surface area (Å²) in [5, 5.41) is 0. The largest absolute Gasteiger partial charge is 0.378 e. The molecule has 0 aliphatic carbocycles. The van der Waals surface area contributed by atoms with Gasteiger partial charge in [0.05, 0.1) is 0 Å². The Hall–Kier alpha value is -0.460. The monoisotopic (exact) mass is 155 g/mol. The van der Waals surface area contributed by atoms with Crippen molar-refractivity contribution < 1.29 is 0 Å². The average Bonchev–Trinajstić information content (AvgIpc) is 2.04. The molecule has 11 heavy (non-hydrogen) atoms. The molecule has 1 aliphatic rings. The van der Waals surface area contributed by atoms with Crippen LogP contribution >= 0.6 is 0 Å². The molecule has 0 aromatic heterocycles. The Labute approximate surface area is 71.1 Å². The van der Waals surface area contributed by atoms with E-state index in [-0.39, 0.29) is 0 Å². The summed E-state index contributed by atoms with van der Waals surface area (Å²) in [6.07, 6.45) is 2.63. The van der Waals surface area contributed by atoms with Crippen LogP contribution < -0.4 is 0 Å². The van der Waals surface area contributed by atoms with Crippen molar-refractivity contribution >= 4 is 0 Å². The highest BCUT2D eigenvalue weighted by atomic mass is 15.1. The summed E-state index contributed by atoms with van der Waals surface area (Å²) >= 11 is 0. The van der Waals surface area contributed by atoms with Crippen molar-refractivity contribution in [2.24, 2.45) is 0 Å². The fraction of sp³-hybridized carbons (Fsp3) is 0.800. The summed E-state index contributed by atoms with van der Waals surface area (Å²) in [5.74, 6) is 0. The molecule has 66 valence electrons. The molecule has 0 N–H and O–H groups in total. The Kier molecular flexibility index (Phi) is 5.01. The smallest absolute Gasteiger partial charge is 0.0174 e. The number of hydrogen-bond acceptors (Lipinski definition) is 1. The third-order valence-electron chi connectivity index (χ3n) is 2.24. The van der Waals surface area contributed by atoms with E-state index in [1.165, 1.54) is 25.1 Å². The lowest BCUT2D eigenvalue weighted by Gasteiger charge is -2.26. The summed E-state index contributed by atoms with van der Waals surface area (Å²) in [6, 6.07) is 0. The van der Waals surface area contributed by atoms with Gasteiger partial charge in [-0.15, -0.1) is 0 Å². The van der Waals surface area contributed by atoms with E-state index in [4.69, 9.17) is 0 Å². The molecule has 0 atom stereocenters. The van der Waals surface area contributed by atoms with Crippen LogP contribution in [0.15, 0.2) is 11.3 Å². The van der Waals surface area contributed by atoms with E-state index >= 15 is 0 Å². The second-order valence-electron chi connectivity index (χ2n) is 2.89. The molecule has 0 saturated carbocycles. The first-order valence-electron chi connectivity index (χ1n) is 4.59. The molecule has 0 spiro atoms. The lowest BCUT2D eigenvalue weighted by molar-refractivity contribution is 0.379. The molecule has 0 bridgehead atoms. The van der Waals surface area contributed by atoms with Gasteiger partial charge in [0.25, 0.3) is 0 Å². The molecule has 0 saturated heterocycles. The summed E-state index contributed by atoms with van der Waals surface area (Å²) in [4.78, 5) is 2.33. The quantitative estimate of drug-likeness (QED) is 0.519. The predicted octanol–water partition coefficient (Wildman–Crippen LogP) is 3.03. The summed E-state index contributed by atoms with van der Waals surface area (Å²) in [5.41, 5.74) is 3.03. The number of nitrogens with zero attached hydrogens (tertiary/aromatic N) is 1. The van der Waals surface area contributed by atoms with Gasteiger partial charge in [-0.3, -0.25) is 0 Å². The molecule has 1 heterocycles. The SMILES string of the molecule is CC.CC1=C(C)N(C)CCC1. The van der Waals surface area contributed by atoms with Gasteiger partial charge in [-0.1, -0.05) is 19.4 Å². The molecule has 1 nitrogen and oxygen atoms in total. The van der Waals surface area contributed by atoms with Crippen molar-refractivity contribution in [1.29, 1.82) is 0 Å². The van der Waals surface area contributed by atoms with Gasteiger partial charge < -0.3 is 4.90 Å². The molecule has 1 aliphatic heterocycles. The summed E-state index contributed by atoms with van der Waals surface area (Å²) in [7, 11) is 2.16. The highest BCUT2D eigenvalue weighted by Crippen LogP contribution is 2.18. The molecule has 1 heteroatoms. The molecule has 1 rings (SSSR count). The maximum Gasteiger partial charge on any atom is 0.0174 e. The highest BCUT2D eigenvalue weighted by Gasteiger charge is 2.08. The first kappa shape index (κ1) is 10.5. The minimum absolute atomic E-state index is 1.24. The number of hydrogen-bond donors (Lipinski definition) is 0. The van der Waals surface area contributed by atoms with Crippen LogP contribution in [-0.2, 0) is 0 Å². The number of rotatable bonds is 0. The van der Waals surface area contributed by atoms with E-state index in [2.05, 4.69) is 25.8 Å². The van der Waals surface area contributed by atoms with Gasteiger partial charge in [0.2, 0.25) is 0 Å². The Morgan fingerprint density at radius 1 is 1.18 bits per heavy atom. The van der Waals surface area contributed by atoms with E-state index in [1.54, 1.807) is 5.57 Å². The summed E-state index contributed by atoms with van der Waals surface area (Å²) < 4.78 is 0. The van der Waals surface area contributed by atoms with Crippen LogP contribution in [0.25, 0.3) is 0 Å². The van der Waals surface area contributed by atoms with E-state index in [0.717, 1.165) is 0 Å². The van der Waals surface area contributed by atoms with Crippen molar-refractivity contribution in [2.45, 2.75) is 40.5 Å². The lowest BCUT2D eigenvalue weighted by Crippen LogP contribution is -2.22. The molecular weight excluding hydrogens is 134 g/mol.